The molecule has 5 saturated carbocycles. The van der Waals surface area contributed by atoms with Gasteiger partial charge in [-0.2, -0.15) is 0 Å². The van der Waals surface area contributed by atoms with Gasteiger partial charge in [0, 0.05) is 0 Å². The van der Waals surface area contributed by atoms with Gasteiger partial charge < -0.3 is 14.9 Å². The van der Waals surface area contributed by atoms with Crippen LogP contribution in [0, 0.1) is 50.2 Å². The zero-order valence-electron chi connectivity index (χ0n) is 22.4. The Kier molecular flexibility index (Phi) is 4.66. The third-order valence-electron chi connectivity index (χ3n) is 13.6. The molecule has 0 bridgehead atoms. The van der Waals surface area contributed by atoms with E-state index in [0.29, 0.717) is 39.6 Å². The molecule has 3 nitrogen and oxygen atoms in total. The molecule has 11 atom stereocenters. The minimum Gasteiger partial charge on any atom is -0.393 e. The zero-order valence-corrected chi connectivity index (χ0v) is 22.4. The fourth-order valence-electron chi connectivity index (χ4n) is 11.6. The van der Waals surface area contributed by atoms with Crippen LogP contribution in [0.4, 0.5) is 0 Å². The van der Waals surface area contributed by atoms with Crippen molar-refractivity contribution in [1.29, 1.82) is 0 Å². The van der Waals surface area contributed by atoms with Gasteiger partial charge in [-0.15, -0.1) is 0 Å². The summed E-state index contributed by atoms with van der Waals surface area (Å²) in [5, 5.41) is 21.9. The first-order chi connectivity index (χ1) is 15.2. The molecular formula is C30H50O3. The van der Waals surface area contributed by atoms with Crippen molar-refractivity contribution < 1.29 is 14.9 Å². The second-order valence-corrected chi connectivity index (χ2v) is 15.8. The average Bonchev–Trinajstić information content (AvgIpc) is 3.34. The lowest BCUT2D eigenvalue weighted by Crippen LogP contribution is -2.57. The average molecular weight is 459 g/mol. The summed E-state index contributed by atoms with van der Waals surface area (Å²) in [4.78, 5) is 0. The van der Waals surface area contributed by atoms with Gasteiger partial charge in [0.1, 0.15) is 0 Å². The van der Waals surface area contributed by atoms with Crippen LogP contribution in [0.3, 0.4) is 0 Å². The topological polar surface area (TPSA) is 49.7 Å². The molecule has 5 aliphatic carbocycles. The third-order valence-corrected chi connectivity index (χ3v) is 13.6. The number of aliphatic hydroxyl groups is 2. The summed E-state index contributed by atoms with van der Waals surface area (Å²) in [5.41, 5.74) is 1.68. The predicted molar refractivity (Wildman–Crippen MR) is 132 cm³/mol. The van der Waals surface area contributed by atoms with Gasteiger partial charge in [0.05, 0.1) is 24.4 Å². The molecule has 3 heteroatoms. The summed E-state index contributed by atoms with van der Waals surface area (Å²) >= 11 is 0. The highest BCUT2D eigenvalue weighted by molar-refractivity contribution is 5.31. The van der Waals surface area contributed by atoms with Crippen LogP contribution in [-0.4, -0.2) is 34.6 Å². The standard InChI is InChI=1S/C30H50O3/c1-25(2,3)24(32)19-9-8-18-20(33-19)16-28(7)22-11-10-21-26(4,5)23(31)12-13-29(21)17-30(22,29)15-14-27(18,28)6/h18-24,31-32H,8-17H2,1-7H3. The van der Waals surface area contributed by atoms with E-state index in [1.165, 1.54) is 51.4 Å². The van der Waals surface area contributed by atoms with Crippen molar-refractivity contribution >= 4 is 0 Å². The molecule has 33 heavy (non-hydrogen) atoms. The number of hydrogen-bond donors (Lipinski definition) is 2. The maximum Gasteiger partial charge on any atom is 0.0850 e. The Balaban J connectivity index is 1.30. The summed E-state index contributed by atoms with van der Waals surface area (Å²) in [7, 11) is 0. The van der Waals surface area contributed by atoms with Crippen LogP contribution in [0.25, 0.3) is 0 Å². The van der Waals surface area contributed by atoms with Gasteiger partial charge in [0.25, 0.3) is 0 Å². The lowest BCUT2D eigenvalue weighted by molar-refractivity contribution is -0.167. The fraction of sp³-hybridized carbons (Fsp3) is 1.00. The second kappa shape index (κ2) is 6.60. The Morgan fingerprint density at radius 2 is 1.48 bits per heavy atom. The van der Waals surface area contributed by atoms with E-state index in [1.54, 1.807) is 0 Å². The minimum atomic E-state index is -0.383. The van der Waals surface area contributed by atoms with Crippen LogP contribution < -0.4 is 0 Å². The molecule has 188 valence electrons. The molecule has 6 fully saturated rings. The molecular weight excluding hydrogens is 408 g/mol. The van der Waals surface area contributed by atoms with E-state index < -0.39 is 0 Å². The number of hydrogen-bond acceptors (Lipinski definition) is 3. The molecule has 11 unspecified atom stereocenters. The van der Waals surface area contributed by atoms with Crippen LogP contribution >= 0.6 is 0 Å². The lowest BCUT2D eigenvalue weighted by Gasteiger charge is -2.63. The molecule has 1 saturated heterocycles. The van der Waals surface area contributed by atoms with Gasteiger partial charge in [0.15, 0.2) is 0 Å². The van der Waals surface area contributed by atoms with Gasteiger partial charge in [-0.1, -0.05) is 48.5 Å². The second-order valence-electron chi connectivity index (χ2n) is 15.8. The first-order valence-electron chi connectivity index (χ1n) is 14.2. The summed E-state index contributed by atoms with van der Waals surface area (Å²) in [6.45, 7) is 16.4. The van der Waals surface area contributed by atoms with E-state index in [-0.39, 0.29) is 29.1 Å². The van der Waals surface area contributed by atoms with Crippen molar-refractivity contribution in [2.45, 2.75) is 137 Å². The largest absolute Gasteiger partial charge is 0.393 e. The summed E-state index contributed by atoms with van der Waals surface area (Å²) in [6.07, 6.45) is 12.4. The van der Waals surface area contributed by atoms with E-state index in [9.17, 15) is 10.2 Å². The van der Waals surface area contributed by atoms with Gasteiger partial charge in [-0.25, -0.2) is 0 Å². The normalized spacial score (nSPS) is 57.7. The number of fused-ring (bicyclic) bond motifs is 4. The van der Waals surface area contributed by atoms with Gasteiger partial charge in [-0.3, -0.25) is 0 Å². The highest BCUT2D eigenvalue weighted by atomic mass is 16.5. The third kappa shape index (κ3) is 2.64. The SMILES string of the molecule is CC(C)(C)C(O)C1CCC2C(CC3(C)C4CCC5C(C)(C)C(O)CCC56CC46CCC23C)O1. The van der Waals surface area contributed by atoms with Crippen molar-refractivity contribution in [3.8, 4) is 0 Å². The van der Waals surface area contributed by atoms with Gasteiger partial charge in [-0.05, 0) is 114 Å². The van der Waals surface area contributed by atoms with E-state index >= 15 is 0 Å². The van der Waals surface area contributed by atoms with Crippen molar-refractivity contribution in [3.05, 3.63) is 0 Å². The maximum absolute atomic E-state index is 11.0. The van der Waals surface area contributed by atoms with E-state index in [2.05, 4.69) is 48.5 Å². The highest BCUT2D eigenvalue weighted by Gasteiger charge is 2.82. The van der Waals surface area contributed by atoms with Crippen molar-refractivity contribution in [2.75, 3.05) is 0 Å². The first kappa shape index (κ1) is 23.3. The molecule has 1 aliphatic heterocycles. The summed E-state index contributed by atoms with van der Waals surface area (Å²) < 4.78 is 6.82. The van der Waals surface area contributed by atoms with Crippen LogP contribution in [0.15, 0.2) is 0 Å². The van der Waals surface area contributed by atoms with E-state index in [0.717, 1.165) is 18.8 Å². The molecule has 1 heterocycles. The molecule has 2 spiro atoms. The molecule has 0 aromatic carbocycles. The van der Waals surface area contributed by atoms with E-state index in [1.807, 2.05) is 0 Å². The van der Waals surface area contributed by atoms with Crippen LogP contribution in [0.5, 0.6) is 0 Å². The number of ether oxygens (including phenoxy) is 1. The molecule has 0 amide bonds. The van der Waals surface area contributed by atoms with Gasteiger partial charge >= 0.3 is 0 Å². The van der Waals surface area contributed by atoms with Gasteiger partial charge in [0.2, 0.25) is 0 Å². The highest BCUT2D eigenvalue weighted by Crippen LogP contribution is 2.89. The number of aliphatic hydroxyl groups excluding tert-OH is 2. The fourth-order valence-corrected chi connectivity index (χ4v) is 11.6. The maximum atomic E-state index is 11.0. The first-order valence-corrected chi connectivity index (χ1v) is 14.2. The molecule has 0 radical (unpaired) electrons. The lowest BCUT2D eigenvalue weighted by atomic mass is 9.42. The Morgan fingerprint density at radius 1 is 0.818 bits per heavy atom. The predicted octanol–water partition coefficient (Wildman–Crippen LogP) is 6.35. The van der Waals surface area contributed by atoms with Crippen LogP contribution in [0.2, 0.25) is 0 Å². The molecule has 6 rings (SSSR count). The minimum absolute atomic E-state index is 0.00352. The van der Waals surface area contributed by atoms with Crippen LogP contribution in [-0.2, 0) is 4.74 Å². The summed E-state index contributed by atoms with van der Waals surface area (Å²) in [6, 6.07) is 0. The van der Waals surface area contributed by atoms with Crippen molar-refractivity contribution in [3.63, 3.8) is 0 Å². The zero-order chi connectivity index (χ0) is 23.8. The Morgan fingerprint density at radius 3 is 2.18 bits per heavy atom. The Hall–Kier alpha value is -0.120. The van der Waals surface area contributed by atoms with Crippen molar-refractivity contribution in [2.24, 2.45) is 50.2 Å². The van der Waals surface area contributed by atoms with Crippen LogP contribution in [0.1, 0.15) is 113 Å². The number of rotatable bonds is 1. The molecule has 0 aromatic heterocycles. The van der Waals surface area contributed by atoms with Crippen molar-refractivity contribution in [1.82, 2.24) is 0 Å². The monoisotopic (exact) mass is 458 g/mol. The molecule has 6 aliphatic rings. The smallest absolute Gasteiger partial charge is 0.0850 e. The molecule has 0 aromatic rings. The molecule has 2 N–H and O–H groups in total. The van der Waals surface area contributed by atoms with E-state index in [4.69, 9.17) is 4.74 Å². The Bertz CT molecular complexity index is 829. The summed E-state index contributed by atoms with van der Waals surface area (Å²) in [5.74, 6) is 2.16. The Labute approximate surface area is 202 Å². The quantitative estimate of drug-likeness (QED) is 0.481.